The van der Waals surface area contributed by atoms with E-state index in [1.165, 1.54) is 0 Å². The molecule has 0 atom stereocenters. The number of rotatable bonds is 4. The van der Waals surface area contributed by atoms with E-state index in [1.54, 1.807) is 13.2 Å². The average molecular weight is 407 g/mol. The van der Waals surface area contributed by atoms with Gasteiger partial charge in [-0.25, -0.2) is 0 Å². The third kappa shape index (κ3) is 4.99. The highest BCUT2D eigenvalue weighted by Crippen LogP contribution is 2.37. The zero-order valence-corrected chi connectivity index (χ0v) is 16.1. The highest BCUT2D eigenvalue weighted by atomic mass is 79.9. The number of benzene rings is 1. The van der Waals surface area contributed by atoms with Crippen molar-refractivity contribution in [2.45, 2.75) is 13.3 Å². The molecule has 1 fully saturated rings. The summed E-state index contributed by atoms with van der Waals surface area (Å²) in [6, 6.07) is 3.57. The lowest BCUT2D eigenvalue weighted by atomic mass is 10.1. The first kappa shape index (κ1) is 20.1. The number of likely N-dealkylation sites (N-methyl/N-ethyl adjacent to an activating group) is 1. The van der Waals surface area contributed by atoms with Crippen molar-refractivity contribution < 1.29 is 26.7 Å². The Morgan fingerprint density at radius 2 is 2.00 bits per heavy atom. The van der Waals surface area contributed by atoms with Gasteiger partial charge in [-0.1, -0.05) is 0 Å². The van der Waals surface area contributed by atoms with E-state index >= 15 is 0 Å². The number of amides is 1. The largest absolute Gasteiger partial charge is 1.00 e. The Morgan fingerprint density at radius 1 is 1.26 bits per heavy atom. The molecule has 1 aliphatic heterocycles. The topological polar surface area (TPSA) is 42.0 Å². The number of hydrogen-bond acceptors (Lipinski definition) is 4. The standard InChI is InChI=1S/C16H23BrN2O3.ClH/c1-4-22-15-13(17)10-12(11-14(15)21-3)16(20)19-7-5-6-18(2)8-9-19;/h10-11H,4-9H2,1-3H3;1H/p-1. The highest BCUT2D eigenvalue weighted by molar-refractivity contribution is 9.10. The van der Waals surface area contributed by atoms with Crippen molar-refractivity contribution in [3.63, 3.8) is 0 Å². The summed E-state index contributed by atoms with van der Waals surface area (Å²) in [5, 5.41) is 0. The first-order chi connectivity index (χ1) is 10.6. The fourth-order valence-corrected chi connectivity index (χ4v) is 3.12. The minimum absolute atomic E-state index is 0. The van der Waals surface area contributed by atoms with Crippen LogP contribution < -0.4 is 21.9 Å². The molecule has 5 nitrogen and oxygen atoms in total. The van der Waals surface area contributed by atoms with Crippen LogP contribution in [0, 0.1) is 0 Å². The van der Waals surface area contributed by atoms with Crippen molar-refractivity contribution in [2.75, 3.05) is 46.9 Å². The molecule has 1 aromatic carbocycles. The predicted molar refractivity (Wildman–Crippen MR) is 89.9 cm³/mol. The number of halogens is 2. The molecule has 7 heteroatoms. The molecule has 0 bridgehead atoms. The minimum atomic E-state index is 0. The minimum Gasteiger partial charge on any atom is -1.00 e. The molecule has 0 aliphatic carbocycles. The lowest BCUT2D eigenvalue weighted by molar-refractivity contribution is -0.0000150. The second-order valence-corrected chi connectivity index (χ2v) is 6.23. The van der Waals surface area contributed by atoms with Crippen LogP contribution in [0.2, 0.25) is 0 Å². The van der Waals surface area contributed by atoms with Gasteiger partial charge in [-0.05, 0) is 55.0 Å². The number of ether oxygens (including phenoxy) is 2. The molecule has 0 aromatic heterocycles. The van der Waals surface area contributed by atoms with Crippen LogP contribution >= 0.6 is 15.9 Å². The van der Waals surface area contributed by atoms with Crippen LogP contribution in [-0.2, 0) is 0 Å². The van der Waals surface area contributed by atoms with Gasteiger partial charge in [0.1, 0.15) is 0 Å². The van der Waals surface area contributed by atoms with Gasteiger partial charge >= 0.3 is 0 Å². The van der Waals surface area contributed by atoms with Crippen LogP contribution in [0.3, 0.4) is 0 Å². The van der Waals surface area contributed by atoms with E-state index in [2.05, 4.69) is 27.9 Å². The van der Waals surface area contributed by atoms with Crippen LogP contribution in [0.15, 0.2) is 16.6 Å². The van der Waals surface area contributed by atoms with Crippen molar-refractivity contribution in [3.8, 4) is 11.5 Å². The average Bonchev–Trinajstić information content (AvgIpc) is 2.73. The van der Waals surface area contributed by atoms with Crippen LogP contribution in [-0.4, -0.2) is 62.7 Å². The summed E-state index contributed by atoms with van der Waals surface area (Å²) in [4.78, 5) is 16.9. The normalized spacial score (nSPS) is 15.6. The zero-order valence-electron chi connectivity index (χ0n) is 13.8. The summed E-state index contributed by atoms with van der Waals surface area (Å²) >= 11 is 3.47. The summed E-state index contributed by atoms with van der Waals surface area (Å²) < 4.78 is 11.7. The second-order valence-electron chi connectivity index (χ2n) is 5.37. The molecule has 0 unspecified atom stereocenters. The van der Waals surface area contributed by atoms with Crippen LogP contribution in [0.1, 0.15) is 23.7 Å². The van der Waals surface area contributed by atoms with Gasteiger partial charge in [-0.15, -0.1) is 0 Å². The zero-order chi connectivity index (χ0) is 16.1. The third-order valence-electron chi connectivity index (χ3n) is 3.77. The molecular weight excluding hydrogens is 384 g/mol. The molecule has 23 heavy (non-hydrogen) atoms. The van der Waals surface area contributed by atoms with Gasteiger partial charge in [0.25, 0.3) is 5.91 Å². The Kier molecular flexibility index (Phi) is 8.16. The van der Waals surface area contributed by atoms with E-state index in [4.69, 9.17) is 9.47 Å². The maximum atomic E-state index is 12.7. The fraction of sp³-hybridized carbons (Fsp3) is 0.562. The molecule has 1 heterocycles. The predicted octanol–water partition coefficient (Wildman–Crippen LogP) is -0.362. The SMILES string of the molecule is CCOc1c(Br)cc(C(=O)N2CCCN(C)CC2)cc1OC.[Cl-]. The van der Waals surface area contributed by atoms with Gasteiger partial charge in [-0.2, -0.15) is 0 Å². The number of carbonyl (C=O) groups is 1. The molecule has 1 amide bonds. The lowest BCUT2D eigenvalue weighted by Crippen LogP contribution is -3.00. The molecule has 0 saturated carbocycles. The van der Waals surface area contributed by atoms with Crippen molar-refractivity contribution in [1.29, 1.82) is 0 Å². The van der Waals surface area contributed by atoms with E-state index in [1.807, 2.05) is 17.9 Å². The van der Waals surface area contributed by atoms with Crippen molar-refractivity contribution in [2.24, 2.45) is 0 Å². The summed E-state index contributed by atoms with van der Waals surface area (Å²) in [5.41, 5.74) is 0.622. The van der Waals surface area contributed by atoms with Crippen molar-refractivity contribution in [1.82, 2.24) is 9.80 Å². The van der Waals surface area contributed by atoms with Crippen LogP contribution in [0.25, 0.3) is 0 Å². The van der Waals surface area contributed by atoms with Gasteiger partial charge in [0.15, 0.2) is 11.5 Å². The first-order valence-electron chi connectivity index (χ1n) is 7.55. The van der Waals surface area contributed by atoms with Crippen LogP contribution in [0.4, 0.5) is 0 Å². The monoisotopic (exact) mass is 405 g/mol. The molecular formula is C16H23BrClN2O3-. The molecule has 0 N–H and O–H groups in total. The maximum Gasteiger partial charge on any atom is 0.254 e. The Labute approximate surface area is 152 Å². The van der Waals surface area contributed by atoms with E-state index in [0.717, 1.165) is 37.1 Å². The van der Waals surface area contributed by atoms with Crippen molar-refractivity contribution in [3.05, 3.63) is 22.2 Å². The fourth-order valence-electron chi connectivity index (χ4n) is 2.56. The van der Waals surface area contributed by atoms with E-state index in [0.29, 0.717) is 23.7 Å². The number of carbonyl (C=O) groups excluding carboxylic acids is 1. The molecule has 2 rings (SSSR count). The number of hydrogen-bond donors (Lipinski definition) is 0. The molecule has 1 aliphatic rings. The van der Waals surface area contributed by atoms with Crippen LogP contribution in [0.5, 0.6) is 11.5 Å². The summed E-state index contributed by atoms with van der Waals surface area (Å²) in [7, 11) is 3.67. The van der Waals surface area contributed by atoms with Gasteiger partial charge in [-0.3, -0.25) is 4.79 Å². The van der Waals surface area contributed by atoms with E-state index < -0.39 is 0 Å². The Bertz CT molecular complexity index is 542. The molecule has 1 aromatic rings. The molecule has 130 valence electrons. The summed E-state index contributed by atoms with van der Waals surface area (Å²) in [6.45, 7) is 5.93. The Morgan fingerprint density at radius 3 is 2.65 bits per heavy atom. The first-order valence-corrected chi connectivity index (χ1v) is 8.34. The molecule has 0 radical (unpaired) electrons. The smallest absolute Gasteiger partial charge is 0.254 e. The van der Waals surface area contributed by atoms with E-state index in [-0.39, 0.29) is 18.3 Å². The third-order valence-corrected chi connectivity index (χ3v) is 4.36. The van der Waals surface area contributed by atoms with Gasteiger partial charge in [0.2, 0.25) is 0 Å². The van der Waals surface area contributed by atoms with Crippen molar-refractivity contribution >= 4 is 21.8 Å². The van der Waals surface area contributed by atoms with Gasteiger partial charge in [0, 0.05) is 25.2 Å². The van der Waals surface area contributed by atoms with Gasteiger partial charge in [0.05, 0.1) is 18.2 Å². The molecule has 0 spiro atoms. The quantitative estimate of drug-likeness (QED) is 0.685. The number of methoxy groups -OCH3 is 1. The second kappa shape index (κ2) is 9.35. The Balaban J connectivity index is 0.00000264. The van der Waals surface area contributed by atoms with E-state index in [9.17, 15) is 4.79 Å². The van der Waals surface area contributed by atoms with Gasteiger partial charge < -0.3 is 31.7 Å². The number of nitrogens with zero attached hydrogens (tertiary/aromatic N) is 2. The summed E-state index contributed by atoms with van der Waals surface area (Å²) in [5.74, 6) is 1.25. The summed E-state index contributed by atoms with van der Waals surface area (Å²) in [6.07, 6.45) is 0.998. The maximum absolute atomic E-state index is 12.7. The highest BCUT2D eigenvalue weighted by Gasteiger charge is 2.21. The molecule has 1 saturated heterocycles. The lowest BCUT2D eigenvalue weighted by Gasteiger charge is -2.21. The Hall–Kier alpha value is -0.980.